The minimum atomic E-state index is -0.552. The van der Waals surface area contributed by atoms with Gasteiger partial charge >= 0.3 is 5.69 Å². The molecule has 7 heteroatoms. The number of hydrogen-bond acceptors (Lipinski definition) is 4. The average Bonchev–Trinajstić information content (AvgIpc) is 2.63. The van der Waals surface area contributed by atoms with Crippen molar-refractivity contribution in [2.24, 2.45) is 5.92 Å². The van der Waals surface area contributed by atoms with Gasteiger partial charge in [0, 0.05) is 38.3 Å². The molecule has 1 aliphatic rings. The number of aliphatic hydroxyl groups is 1. The van der Waals surface area contributed by atoms with Crippen molar-refractivity contribution in [2.45, 2.75) is 31.9 Å². The zero-order chi connectivity index (χ0) is 18.5. The van der Waals surface area contributed by atoms with E-state index in [1.54, 1.807) is 4.90 Å². The molecule has 2 aromatic rings. The van der Waals surface area contributed by atoms with Crippen LogP contribution in [0.5, 0.6) is 0 Å². The molecule has 138 valence electrons. The molecule has 0 bridgehead atoms. The van der Waals surface area contributed by atoms with E-state index in [4.69, 9.17) is 0 Å². The van der Waals surface area contributed by atoms with E-state index in [-0.39, 0.29) is 24.8 Å². The normalized spacial score (nSPS) is 20.1. The maximum absolute atomic E-state index is 12.4. The quantitative estimate of drug-likeness (QED) is 0.809. The van der Waals surface area contributed by atoms with Gasteiger partial charge in [-0.25, -0.2) is 4.79 Å². The SMILES string of the molecule is O=C(CCn1ccc(=O)[nH]c1=O)N1CC[C@H](Cc2ccccc2)[C@@H](O)C1. The number of aliphatic hydroxyl groups excluding tert-OH is 1. The molecule has 0 aliphatic carbocycles. The summed E-state index contributed by atoms with van der Waals surface area (Å²) in [5, 5.41) is 10.4. The van der Waals surface area contributed by atoms with E-state index in [2.05, 4.69) is 4.98 Å². The Hall–Kier alpha value is -2.67. The Kier molecular flexibility index (Phi) is 5.68. The number of H-pyrrole nitrogens is 1. The molecule has 0 unspecified atom stereocenters. The molecular weight excluding hydrogens is 334 g/mol. The number of β-amino-alcohol motifs (C(OH)–C–C–N with tert-alkyl or cyclic N) is 1. The van der Waals surface area contributed by atoms with Gasteiger partial charge in [-0.15, -0.1) is 0 Å². The summed E-state index contributed by atoms with van der Waals surface area (Å²) >= 11 is 0. The van der Waals surface area contributed by atoms with Crippen molar-refractivity contribution in [3.8, 4) is 0 Å². The van der Waals surface area contributed by atoms with Crippen LogP contribution in [0.2, 0.25) is 0 Å². The van der Waals surface area contributed by atoms with Crippen molar-refractivity contribution in [3.05, 3.63) is 69.0 Å². The van der Waals surface area contributed by atoms with Gasteiger partial charge in [-0.05, 0) is 24.3 Å². The molecular formula is C19H23N3O4. The minimum absolute atomic E-state index is 0.0969. The number of hydrogen-bond donors (Lipinski definition) is 2. The van der Waals surface area contributed by atoms with E-state index in [0.29, 0.717) is 13.1 Å². The Balaban J connectivity index is 1.52. The van der Waals surface area contributed by atoms with Gasteiger partial charge in [0.05, 0.1) is 6.10 Å². The molecule has 2 atom stereocenters. The summed E-state index contributed by atoms with van der Waals surface area (Å²) in [5.74, 6) is 0.0450. The fourth-order valence-corrected chi connectivity index (χ4v) is 3.36. The van der Waals surface area contributed by atoms with Gasteiger partial charge < -0.3 is 14.6 Å². The number of piperidine rings is 1. The zero-order valence-corrected chi connectivity index (χ0v) is 14.5. The highest BCUT2D eigenvalue weighted by Crippen LogP contribution is 2.22. The highest BCUT2D eigenvalue weighted by molar-refractivity contribution is 5.76. The summed E-state index contributed by atoms with van der Waals surface area (Å²) < 4.78 is 1.30. The highest BCUT2D eigenvalue weighted by Gasteiger charge is 2.29. The molecule has 1 aromatic heterocycles. The molecule has 1 fully saturated rings. The molecule has 26 heavy (non-hydrogen) atoms. The Labute approximate surface area is 150 Å². The second-order valence-corrected chi connectivity index (χ2v) is 6.70. The number of benzene rings is 1. The molecule has 1 aromatic carbocycles. The van der Waals surface area contributed by atoms with Crippen LogP contribution in [0.15, 0.2) is 52.2 Å². The lowest BCUT2D eigenvalue weighted by Gasteiger charge is -2.36. The second kappa shape index (κ2) is 8.14. The third-order valence-electron chi connectivity index (χ3n) is 4.88. The fraction of sp³-hybridized carbons (Fsp3) is 0.421. The van der Waals surface area contributed by atoms with Crippen molar-refractivity contribution in [1.82, 2.24) is 14.5 Å². The number of nitrogens with one attached hydrogen (secondary N) is 1. The molecule has 0 spiro atoms. The highest BCUT2D eigenvalue weighted by atomic mass is 16.3. The van der Waals surface area contributed by atoms with Gasteiger partial charge in [0.25, 0.3) is 5.56 Å². The summed E-state index contributed by atoms with van der Waals surface area (Å²) in [4.78, 5) is 38.9. The first-order valence-electron chi connectivity index (χ1n) is 8.82. The second-order valence-electron chi connectivity index (χ2n) is 6.70. The first-order valence-corrected chi connectivity index (χ1v) is 8.82. The molecule has 1 aliphatic heterocycles. The van der Waals surface area contributed by atoms with Gasteiger partial charge in [0.15, 0.2) is 0 Å². The topological polar surface area (TPSA) is 95.4 Å². The number of carbonyl (C=O) groups excluding carboxylic acids is 1. The number of aromatic nitrogens is 2. The molecule has 0 saturated carbocycles. The van der Waals surface area contributed by atoms with E-state index >= 15 is 0 Å². The first kappa shape index (κ1) is 18.1. The van der Waals surface area contributed by atoms with Gasteiger partial charge in [-0.2, -0.15) is 0 Å². The number of likely N-dealkylation sites (tertiary alicyclic amines) is 1. The smallest absolute Gasteiger partial charge is 0.328 e. The lowest BCUT2D eigenvalue weighted by Crippen LogP contribution is -2.47. The molecule has 2 N–H and O–H groups in total. The van der Waals surface area contributed by atoms with Crippen molar-refractivity contribution in [1.29, 1.82) is 0 Å². The van der Waals surface area contributed by atoms with Gasteiger partial charge in [0.1, 0.15) is 0 Å². The number of nitrogens with zero attached hydrogens (tertiary/aromatic N) is 2. The Bertz CT molecular complexity index is 859. The van der Waals surface area contributed by atoms with E-state index in [0.717, 1.165) is 12.8 Å². The van der Waals surface area contributed by atoms with Crippen LogP contribution in [0.3, 0.4) is 0 Å². The number of amides is 1. The summed E-state index contributed by atoms with van der Waals surface area (Å²) in [6, 6.07) is 11.3. The van der Waals surface area contributed by atoms with E-state index in [1.807, 2.05) is 30.3 Å². The van der Waals surface area contributed by atoms with Gasteiger partial charge in [-0.1, -0.05) is 30.3 Å². The molecule has 1 saturated heterocycles. The van der Waals surface area contributed by atoms with Crippen molar-refractivity contribution < 1.29 is 9.90 Å². The zero-order valence-electron chi connectivity index (χ0n) is 14.5. The summed E-state index contributed by atoms with van der Waals surface area (Å²) in [6.07, 6.45) is 2.54. The summed E-state index contributed by atoms with van der Waals surface area (Å²) in [7, 11) is 0. The van der Waals surface area contributed by atoms with Crippen LogP contribution >= 0.6 is 0 Å². The molecule has 1 amide bonds. The van der Waals surface area contributed by atoms with Crippen LogP contribution in [-0.4, -0.2) is 44.7 Å². The monoisotopic (exact) mass is 357 g/mol. The Morgan fingerprint density at radius 1 is 1.19 bits per heavy atom. The number of aryl methyl sites for hydroxylation is 1. The average molecular weight is 357 g/mol. The van der Waals surface area contributed by atoms with Crippen LogP contribution in [-0.2, 0) is 17.8 Å². The first-order chi connectivity index (χ1) is 12.5. The van der Waals surface area contributed by atoms with Crippen LogP contribution in [0.1, 0.15) is 18.4 Å². The largest absolute Gasteiger partial charge is 0.391 e. The van der Waals surface area contributed by atoms with Crippen LogP contribution in [0.25, 0.3) is 0 Å². The molecule has 2 heterocycles. The lowest BCUT2D eigenvalue weighted by atomic mass is 9.88. The van der Waals surface area contributed by atoms with Gasteiger partial charge in [-0.3, -0.25) is 14.6 Å². The van der Waals surface area contributed by atoms with Crippen molar-refractivity contribution in [2.75, 3.05) is 13.1 Å². The minimum Gasteiger partial charge on any atom is -0.391 e. The maximum Gasteiger partial charge on any atom is 0.328 e. The van der Waals surface area contributed by atoms with Crippen LogP contribution < -0.4 is 11.2 Å². The van der Waals surface area contributed by atoms with E-state index in [1.165, 1.54) is 22.4 Å². The predicted molar refractivity (Wildman–Crippen MR) is 96.8 cm³/mol. The Morgan fingerprint density at radius 2 is 1.96 bits per heavy atom. The molecule has 7 nitrogen and oxygen atoms in total. The van der Waals surface area contributed by atoms with E-state index in [9.17, 15) is 19.5 Å². The Morgan fingerprint density at radius 3 is 2.65 bits per heavy atom. The lowest BCUT2D eigenvalue weighted by molar-refractivity contribution is -0.135. The van der Waals surface area contributed by atoms with Gasteiger partial charge in [0.2, 0.25) is 5.91 Å². The molecule has 3 rings (SSSR count). The predicted octanol–water partition coefficient (Wildman–Crippen LogP) is 0.379. The third-order valence-corrected chi connectivity index (χ3v) is 4.88. The third kappa shape index (κ3) is 4.49. The number of rotatable bonds is 5. The van der Waals surface area contributed by atoms with Crippen molar-refractivity contribution in [3.63, 3.8) is 0 Å². The van der Waals surface area contributed by atoms with E-state index < -0.39 is 17.4 Å². The fourth-order valence-electron chi connectivity index (χ4n) is 3.36. The summed E-state index contributed by atoms with van der Waals surface area (Å²) in [5.41, 5.74) is 0.210. The van der Waals surface area contributed by atoms with Crippen LogP contribution in [0.4, 0.5) is 0 Å². The van der Waals surface area contributed by atoms with Crippen molar-refractivity contribution >= 4 is 5.91 Å². The summed E-state index contributed by atoms with van der Waals surface area (Å²) in [6.45, 7) is 1.12. The number of aromatic amines is 1. The maximum atomic E-state index is 12.4. The number of carbonyl (C=O) groups is 1. The molecule has 0 radical (unpaired) electrons. The standard InChI is InChI=1S/C19H23N3O4/c23-16-13-22(9-6-15(16)12-14-4-2-1-3-5-14)18(25)8-11-21-10-7-17(24)20-19(21)26/h1-5,7,10,15-16,23H,6,8-9,11-13H2,(H,20,24,26)/t15-,16+/m1/s1. The van der Waals surface area contributed by atoms with Crippen LogP contribution in [0, 0.1) is 5.92 Å².